The Bertz CT molecular complexity index is 1940. The molecular weight excluding hydrogens is 576 g/mol. The summed E-state index contributed by atoms with van der Waals surface area (Å²) in [6, 6.07) is 12.5. The Kier molecular flexibility index (Phi) is 7.70. The second kappa shape index (κ2) is 11.6. The summed E-state index contributed by atoms with van der Waals surface area (Å²) in [5.74, 6) is 2.75. The maximum Gasteiger partial charge on any atom is 0.254 e. The van der Waals surface area contributed by atoms with E-state index in [9.17, 15) is 9.90 Å². The smallest absolute Gasteiger partial charge is 0.254 e. The number of nitrogens with zero attached hydrogens (tertiary/aromatic N) is 6. The maximum absolute atomic E-state index is 13.7. The van der Waals surface area contributed by atoms with Gasteiger partial charge in [-0.3, -0.25) is 9.48 Å². The van der Waals surface area contributed by atoms with Gasteiger partial charge in [0, 0.05) is 55.0 Å². The van der Waals surface area contributed by atoms with E-state index in [-0.39, 0.29) is 5.91 Å². The number of rotatable bonds is 9. The van der Waals surface area contributed by atoms with E-state index >= 15 is 0 Å². The minimum atomic E-state index is -0.863. The number of amides is 1. The van der Waals surface area contributed by atoms with Gasteiger partial charge in [-0.25, -0.2) is 4.98 Å². The molecule has 1 saturated heterocycles. The van der Waals surface area contributed by atoms with Gasteiger partial charge < -0.3 is 23.9 Å². The third-order valence-electron chi connectivity index (χ3n) is 9.86. The zero-order chi connectivity index (χ0) is 32.3. The van der Waals surface area contributed by atoms with Crippen LogP contribution < -0.4 is 4.74 Å². The molecule has 2 aliphatic rings. The molecule has 1 atom stereocenters. The van der Waals surface area contributed by atoms with Gasteiger partial charge in [0.15, 0.2) is 5.82 Å². The Morgan fingerprint density at radius 1 is 1.09 bits per heavy atom. The first kappa shape index (κ1) is 30.5. The average Bonchev–Trinajstić information content (AvgIpc) is 3.55. The number of ether oxygens (including phenoxy) is 1. The van der Waals surface area contributed by atoms with Gasteiger partial charge in [0.25, 0.3) is 5.91 Å². The van der Waals surface area contributed by atoms with Crippen molar-refractivity contribution in [3.05, 3.63) is 53.9 Å². The molecule has 1 saturated carbocycles. The number of aryl methyl sites for hydroxylation is 2. The van der Waals surface area contributed by atoms with Crippen LogP contribution >= 0.6 is 0 Å². The summed E-state index contributed by atoms with van der Waals surface area (Å²) in [4.78, 5) is 20.9. The fourth-order valence-corrected chi connectivity index (χ4v) is 7.32. The molecular formula is C37H46N6O3. The Morgan fingerprint density at radius 2 is 1.89 bits per heavy atom. The number of aromatic nitrogens is 5. The number of likely N-dealkylation sites (tertiary alicyclic amines) is 1. The van der Waals surface area contributed by atoms with E-state index < -0.39 is 5.60 Å². The molecule has 0 bridgehead atoms. The molecule has 1 amide bonds. The summed E-state index contributed by atoms with van der Waals surface area (Å²) >= 11 is 0. The van der Waals surface area contributed by atoms with E-state index in [0.29, 0.717) is 29.7 Å². The van der Waals surface area contributed by atoms with Gasteiger partial charge in [-0.1, -0.05) is 31.5 Å². The molecule has 0 spiro atoms. The normalized spacial score (nSPS) is 17.4. The second-order valence-corrected chi connectivity index (χ2v) is 14.2. The van der Waals surface area contributed by atoms with Crippen molar-refractivity contribution in [1.82, 2.24) is 28.8 Å². The first-order valence-corrected chi connectivity index (χ1v) is 16.8. The van der Waals surface area contributed by atoms with Gasteiger partial charge in [0.05, 0.1) is 41.7 Å². The summed E-state index contributed by atoms with van der Waals surface area (Å²) in [7, 11) is 3.70. The molecule has 1 N–H and O–H groups in total. The third-order valence-corrected chi connectivity index (χ3v) is 9.86. The lowest BCUT2D eigenvalue weighted by Gasteiger charge is -2.32. The second-order valence-electron chi connectivity index (χ2n) is 14.2. The quantitative estimate of drug-likeness (QED) is 0.195. The van der Waals surface area contributed by atoms with Crippen LogP contribution in [0.3, 0.4) is 0 Å². The number of hydrogen-bond acceptors (Lipinski definition) is 5. The highest BCUT2D eigenvalue weighted by atomic mass is 16.5. The van der Waals surface area contributed by atoms with Gasteiger partial charge in [0.2, 0.25) is 0 Å². The molecule has 2 fully saturated rings. The van der Waals surface area contributed by atoms with Crippen LogP contribution in [-0.4, -0.2) is 65.6 Å². The Hall–Kier alpha value is -4.11. The zero-order valence-corrected chi connectivity index (χ0v) is 28.0. The summed E-state index contributed by atoms with van der Waals surface area (Å²) in [6.45, 7) is 10.8. The molecule has 3 aromatic heterocycles. The van der Waals surface area contributed by atoms with Crippen molar-refractivity contribution < 1.29 is 14.6 Å². The molecule has 0 unspecified atom stereocenters. The minimum Gasteiger partial charge on any atom is -0.494 e. The summed E-state index contributed by atoms with van der Waals surface area (Å²) in [5, 5.41) is 16.4. The summed E-state index contributed by atoms with van der Waals surface area (Å²) in [6.07, 6.45) is 7.83. The fraction of sp³-hybridized carbons (Fsp3) is 0.486. The number of fused-ring (bicyclic) bond motifs is 2. The van der Waals surface area contributed by atoms with Crippen LogP contribution in [-0.2, 0) is 20.1 Å². The van der Waals surface area contributed by atoms with Crippen molar-refractivity contribution in [2.45, 2.75) is 78.5 Å². The molecule has 1 aliphatic heterocycles. The lowest BCUT2D eigenvalue weighted by molar-refractivity contribution is 0.0576. The molecule has 0 radical (unpaired) electrons. The molecule has 9 nitrogen and oxygen atoms in total. The lowest BCUT2D eigenvalue weighted by Crippen LogP contribution is -2.39. The minimum absolute atomic E-state index is 0.0542. The van der Waals surface area contributed by atoms with Crippen LogP contribution in [0.4, 0.5) is 0 Å². The van der Waals surface area contributed by atoms with Gasteiger partial charge in [-0.05, 0) is 76.5 Å². The van der Waals surface area contributed by atoms with Crippen LogP contribution in [0.15, 0.2) is 42.6 Å². The van der Waals surface area contributed by atoms with Crippen LogP contribution in [0, 0.1) is 18.8 Å². The largest absolute Gasteiger partial charge is 0.494 e. The highest BCUT2D eigenvalue weighted by Gasteiger charge is 2.29. The Balaban J connectivity index is 1.35. The molecule has 5 aromatic rings. The molecule has 1 aliphatic carbocycles. The van der Waals surface area contributed by atoms with Crippen molar-refractivity contribution in [2.24, 2.45) is 18.9 Å². The number of methoxy groups -OCH3 is 1. The van der Waals surface area contributed by atoms with E-state index in [2.05, 4.69) is 46.5 Å². The summed E-state index contributed by atoms with van der Waals surface area (Å²) < 4.78 is 12.3. The molecule has 2 aromatic carbocycles. The van der Waals surface area contributed by atoms with E-state index in [0.717, 1.165) is 77.2 Å². The van der Waals surface area contributed by atoms with Crippen molar-refractivity contribution in [3.63, 3.8) is 0 Å². The topological polar surface area (TPSA) is 90.3 Å². The number of piperidine rings is 1. The number of aliphatic hydroxyl groups is 1. The van der Waals surface area contributed by atoms with E-state index in [1.165, 1.54) is 24.8 Å². The highest BCUT2D eigenvalue weighted by Crippen LogP contribution is 2.41. The van der Waals surface area contributed by atoms with E-state index in [1.807, 2.05) is 35.7 Å². The van der Waals surface area contributed by atoms with Crippen LogP contribution in [0.25, 0.3) is 44.6 Å². The van der Waals surface area contributed by atoms with Gasteiger partial charge in [-0.2, -0.15) is 5.10 Å². The molecule has 242 valence electrons. The van der Waals surface area contributed by atoms with Crippen molar-refractivity contribution >= 4 is 27.8 Å². The first-order chi connectivity index (χ1) is 22.0. The van der Waals surface area contributed by atoms with Gasteiger partial charge in [0.1, 0.15) is 11.3 Å². The predicted molar refractivity (Wildman–Crippen MR) is 182 cm³/mol. The number of carbonyl (C=O) groups excluding carboxylic acids is 1. The van der Waals surface area contributed by atoms with Crippen LogP contribution in [0.2, 0.25) is 0 Å². The predicted octanol–water partition coefficient (Wildman–Crippen LogP) is 6.82. The third kappa shape index (κ3) is 5.59. The first-order valence-electron chi connectivity index (χ1n) is 16.8. The number of hydrogen-bond donors (Lipinski definition) is 1. The monoisotopic (exact) mass is 622 g/mol. The molecule has 7 rings (SSSR count). The lowest BCUT2D eigenvalue weighted by atomic mass is 9.95. The standard InChI is InChI=1S/C37H46N6O3/c1-7-24-10-9-15-41(19-24)36(44)27-16-30-34(32(18-27)46-6)40(5)35(38-30)31-17-26-11-8-12-28(33(26)43(31)20-25-13-14-25)29-21-42(39-23(29)2)22-37(3,4)45/h8,11-12,16-18,21,24-25,45H,7,9-10,13-15,19-20,22H2,1-6H3/t24-/m1/s1. The number of para-hydroxylation sites is 1. The van der Waals surface area contributed by atoms with E-state index in [1.54, 1.807) is 21.0 Å². The Morgan fingerprint density at radius 3 is 2.61 bits per heavy atom. The fourth-order valence-electron chi connectivity index (χ4n) is 7.32. The van der Waals surface area contributed by atoms with Crippen LogP contribution in [0.5, 0.6) is 5.75 Å². The van der Waals surface area contributed by atoms with Gasteiger partial charge in [-0.15, -0.1) is 0 Å². The van der Waals surface area contributed by atoms with Crippen molar-refractivity contribution in [3.8, 4) is 28.4 Å². The van der Waals surface area contributed by atoms with Crippen LogP contribution in [0.1, 0.15) is 68.9 Å². The zero-order valence-electron chi connectivity index (χ0n) is 28.0. The highest BCUT2D eigenvalue weighted by molar-refractivity contribution is 6.01. The molecule has 9 heteroatoms. The maximum atomic E-state index is 13.7. The average molecular weight is 623 g/mol. The Labute approximate surface area is 270 Å². The van der Waals surface area contributed by atoms with Crippen molar-refractivity contribution in [2.75, 3.05) is 20.2 Å². The van der Waals surface area contributed by atoms with Gasteiger partial charge >= 0.3 is 0 Å². The molecule has 4 heterocycles. The number of carbonyl (C=O) groups is 1. The number of benzene rings is 2. The van der Waals surface area contributed by atoms with Crippen molar-refractivity contribution in [1.29, 1.82) is 0 Å². The molecule has 46 heavy (non-hydrogen) atoms. The van der Waals surface area contributed by atoms with E-state index in [4.69, 9.17) is 14.8 Å². The number of imidazole rings is 1. The SMILES string of the molecule is CC[C@@H]1CCCN(C(=O)c2cc(OC)c3c(c2)nc(-c2cc4cccc(-c5cn(CC(C)(C)O)nc5C)c4n2CC2CC2)n3C)C1. The summed E-state index contributed by atoms with van der Waals surface area (Å²) in [5.41, 5.74) is 6.74.